The smallest absolute Gasteiger partial charge is 0.346 e. The highest BCUT2D eigenvalue weighted by Crippen LogP contribution is 2.20. The standard InChI is InChI=1S/C9H6O3.2C2H6/c1-5-2-3-6-7(4-5)9(11)12-8(6)10;2*1-2/h2-4H,1H3;2*1-2H3. The summed E-state index contributed by atoms with van der Waals surface area (Å²) in [6.07, 6.45) is 0. The summed E-state index contributed by atoms with van der Waals surface area (Å²) in [7, 11) is 0. The Morgan fingerprint density at radius 3 is 1.94 bits per heavy atom. The number of fused-ring (bicyclic) bond motifs is 1. The number of hydrogen-bond acceptors (Lipinski definition) is 3. The van der Waals surface area contributed by atoms with Crippen LogP contribution in [0.5, 0.6) is 0 Å². The molecule has 3 nitrogen and oxygen atoms in total. The van der Waals surface area contributed by atoms with Crippen molar-refractivity contribution in [3.63, 3.8) is 0 Å². The summed E-state index contributed by atoms with van der Waals surface area (Å²) in [6, 6.07) is 5.04. The Bertz CT molecular complexity index is 381. The zero-order valence-corrected chi connectivity index (χ0v) is 10.5. The van der Waals surface area contributed by atoms with Gasteiger partial charge in [-0.15, -0.1) is 0 Å². The molecule has 0 unspecified atom stereocenters. The summed E-state index contributed by atoms with van der Waals surface area (Å²) in [5.41, 5.74) is 1.69. The molecule has 0 radical (unpaired) electrons. The van der Waals surface area contributed by atoms with E-state index in [9.17, 15) is 9.59 Å². The lowest BCUT2D eigenvalue weighted by Gasteiger charge is -1.92. The minimum Gasteiger partial charge on any atom is -0.386 e. The predicted octanol–water partition coefficient (Wildman–Crippen LogP) is 3.36. The molecule has 0 spiro atoms. The van der Waals surface area contributed by atoms with E-state index in [1.54, 1.807) is 18.2 Å². The molecule has 0 atom stereocenters. The van der Waals surface area contributed by atoms with E-state index < -0.39 is 11.9 Å². The van der Waals surface area contributed by atoms with Gasteiger partial charge in [0.25, 0.3) is 0 Å². The quantitative estimate of drug-likeness (QED) is 0.499. The van der Waals surface area contributed by atoms with Gasteiger partial charge in [-0.1, -0.05) is 39.3 Å². The average Bonchev–Trinajstić information content (AvgIpc) is 2.60. The number of rotatable bonds is 0. The van der Waals surface area contributed by atoms with Crippen molar-refractivity contribution in [1.82, 2.24) is 0 Å². The highest BCUT2D eigenvalue weighted by molar-refractivity contribution is 6.14. The number of aryl methyl sites for hydroxylation is 1. The largest absolute Gasteiger partial charge is 0.386 e. The number of ether oxygens (including phenoxy) is 1. The molecule has 0 aliphatic carbocycles. The van der Waals surface area contributed by atoms with Gasteiger partial charge in [0, 0.05) is 0 Å². The zero-order valence-electron chi connectivity index (χ0n) is 10.5. The number of benzene rings is 1. The summed E-state index contributed by atoms with van der Waals surface area (Å²) >= 11 is 0. The van der Waals surface area contributed by atoms with Crippen LogP contribution in [0.2, 0.25) is 0 Å². The molecule has 88 valence electrons. The van der Waals surface area contributed by atoms with Crippen molar-refractivity contribution < 1.29 is 14.3 Å². The van der Waals surface area contributed by atoms with E-state index in [0.717, 1.165) is 5.56 Å². The average molecular weight is 222 g/mol. The summed E-state index contributed by atoms with van der Waals surface area (Å²) < 4.78 is 4.41. The number of hydrogen-bond donors (Lipinski definition) is 0. The molecule has 1 aliphatic heterocycles. The van der Waals surface area contributed by atoms with Crippen LogP contribution >= 0.6 is 0 Å². The van der Waals surface area contributed by atoms with Gasteiger partial charge in [0.05, 0.1) is 11.1 Å². The second kappa shape index (κ2) is 6.77. The summed E-state index contributed by atoms with van der Waals surface area (Å²) in [6.45, 7) is 9.86. The molecule has 1 aromatic rings. The van der Waals surface area contributed by atoms with Gasteiger partial charge in [0.2, 0.25) is 0 Å². The van der Waals surface area contributed by atoms with E-state index in [-0.39, 0.29) is 0 Å². The molecule has 1 aliphatic rings. The van der Waals surface area contributed by atoms with Crippen molar-refractivity contribution >= 4 is 11.9 Å². The lowest BCUT2D eigenvalue weighted by atomic mass is 10.1. The molecule has 1 heterocycles. The number of carbonyl (C=O) groups is 2. The maximum Gasteiger partial charge on any atom is 0.346 e. The summed E-state index contributed by atoms with van der Waals surface area (Å²) in [4.78, 5) is 21.9. The number of carbonyl (C=O) groups excluding carboxylic acids is 2. The first-order valence-corrected chi connectivity index (χ1v) is 5.55. The highest BCUT2D eigenvalue weighted by Gasteiger charge is 2.28. The topological polar surface area (TPSA) is 43.4 Å². The molecule has 0 saturated carbocycles. The van der Waals surface area contributed by atoms with Crippen molar-refractivity contribution in [2.75, 3.05) is 0 Å². The van der Waals surface area contributed by atoms with Gasteiger partial charge in [-0.2, -0.15) is 0 Å². The lowest BCUT2D eigenvalue weighted by Crippen LogP contribution is -1.96. The Balaban J connectivity index is 0.000000509. The fourth-order valence-electron chi connectivity index (χ4n) is 1.20. The Morgan fingerprint density at radius 2 is 1.38 bits per heavy atom. The predicted molar refractivity (Wildman–Crippen MR) is 63.6 cm³/mol. The Morgan fingerprint density at radius 1 is 0.875 bits per heavy atom. The number of esters is 2. The van der Waals surface area contributed by atoms with Gasteiger partial charge in [-0.3, -0.25) is 0 Å². The van der Waals surface area contributed by atoms with Gasteiger partial charge in [-0.25, -0.2) is 9.59 Å². The third-order valence-corrected chi connectivity index (χ3v) is 1.80. The van der Waals surface area contributed by atoms with E-state index >= 15 is 0 Å². The molecule has 0 fully saturated rings. The Hall–Kier alpha value is -1.64. The molecule has 0 amide bonds. The normalized spacial score (nSPS) is 11.6. The van der Waals surface area contributed by atoms with E-state index in [0.29, 0.717) is 11.1 Å². The second-order valence-electron chi connectivity index (χ2n) is 2.73. The van der Waals surface area contributed by atoms with E-state index in [2.05, 4.69) is 4.74 Å². The molecule has 2 rings (SSSR count). The second-order valence-corrected chi connectivity index (χ2v) is 2.73. The molecule has 0 saturated heterocycles. The van der Waals surface area contributed by atoms with Gasteiger partial charge in [0.15, 0.2) is 0 Å². The molecular weight excluding hydrogens is 204 g/mol. The Labute approximate surface area is 96.4 Å². The summed E-state index contributed by atoms with van der Waals surface area (Å²) in [5, 5.41) is 0. The molecule has 1 aromatic carbocycles. The fraction of sp³-hybridized carbons (Fsp3) is 0.385. The van der Waals surface area contributed by atoms with Crippen molar-refractivity contribution in [3.05, 3.63) is 34.9 Å². The molecular formula is C13H18O3. The van der Waals surface area contributed by atoms with E-state index in [1.165, 1.54) is 0 Å². The van der Waals surface area contributed by atoms with Crippen LogP contribution in [0.4, 0.5) is 0 Å². The minimum absolute atomic E-state index is 0.366. The van der Waals surface area contributed by atoms with Crippen LogP contribution in [0.1, 0.15) is 54.0 Å². The maximum atomic E-state index is 11.0. The van der Waals surface area contributed by atoms with Crippen LogP contribution in [0, 0.1) is 6.92 Å². The van der Waals surface area contributed by atoms with Gasteiger partial charge in [0.1, 0.15) is 0 Å². The van der Waals surface area contributed by atoms with Crippen LogP contribution < -0.4 is 0 Å². The van der Waals surface area contributed by atoms with Crippen LogP contribution in [0.15, 0.2) is 18.2 Å². The van der Waals surface area contributed by atoms with E-state index in [4.69, 9.17) is 0 Å². The van der Waals surface area contributed by atoms with Crippen molar-refractivity contribution in [2.24, 2.45) is 0 Å². The third kappa shape index (κ3) is 2.92. The van der Waals surface area contributed by atoms with Crippen LogP contribution in [-0.2, 0) is 4.74 Å². The van der Waals surface area contributed by atoms with Crippen molar-refractivity contribution in [2.45, 2.75) is 34.6 Å². The molecule has 0 aromatic heterocycles. The first kappa shape index (κ1) is 14.4. The fourth-order valence-corrected chi connectivity index (χ4v) is 1.20. The minimum atomic E-state index is -0.546. The molecule has 0 bridgehead atoms. The maximum absolute atomic E-state index is 11.0. The third-order valence-electron chi connectivity index (χ3n) is 1.80. The van der Waals surface area contributed by atoms with Crippen molar-refractivity contribution in [1.29, 1.82) is 0 Å². The van der Waals surface area contributed by atoms with Gasteiger partial charge >= 0.3 is 11.9 Å². The SMILES string of the molecule is CC.CC.Cc1ccc2c(c1)C(=O)OC2=O. The zero-order chi connectivity index (χ0) is 12.7. The monoisotopic (exact) mass is 222 g/mol. The summed E-state index contributed by atoms with van der Waals surface area (Å²) in [5.74, 6) is -1.09. The first-order chi connectivity index (χ1) is 7.68. The lowest BCUT2D eigenvalue weighted by molar-refractivity contribution is 0.0444. The number of cyclic esters (lactones) is 2. The molecule has 0 N–H and O–H groups in total. The molecule has 16 heavy (non-hydrogen) atoms. The van der Waals surface area contributed by atoms with Crippen LogP contribution in [-0.4, -0.2) is 11.9 Å². The van der Waals surface area contributed by atoms with Crippen molar-refractivity contribution in [3.8, 4) is 0 Å². The van der Waals surface area contributed by atoms with Crippen LogP contribution in [0.3, 0.4) is 0 Å². The van der Waals surface area contributed by atoms with E-state index in [1.807, 2.05) is 34.6 Å². The highest BCUT2D eigenvalue weighted by atomic mass is 16.6. The Kier molecular flexibility index (Phi) is 6.08. The van der Waals surface area contributed by atoms with Crippen LogP contribution in [0.25, 0.3) is 0 Å². The van der Waals surface area contributed by atoms with Gasteiger partial charge in [-0.05, 0) is 19.1 Å². The van der Waals surface area contributed by atoms with Gasteiger partial charge < -0.3 is 4.74 Å². The first-order valence-electron chi connectivity index (χ1n) is 5.55. The molecule has 3 heteroatoms.